The van der Waals surface area contributed by atoms with Crippen molar-refractivity contribution in [2.45, 2.75) is 44.6 Å². The first-order valence-corrected chi connectivity index (χ1v) is 11.0. The Kier molecular flexibility index (Phi) is 6.60. The number of carbonyl (C=O) groups is 1. The van der Waals surface area contributed by atoms with Crippen molar-refractivity contribution in [3.63, 3.8) is 0 Å². The van der Waals surface area contributed by atoms with Crippen LogP contribution in [-0.4, -0.2) is 74.9 Å². The van der Waals surface area contributed by atoms with Gasteiger partial charge in [-0.25, -0.2) is 0 Å². The zero-order valence-electron chi connectivity index (χ0n) is 17.6. The number of ether oxygens (including phenoxy) is 3. The molecule has 1 spiro atoms. The van der Waals surface area contributed by atoms with E-state index in [2.05, 4.69) is 9.80 Å². The summed E-state index contributed by atoms with van der Waals surface area (Å²) in [6, 6.07) is 7.75. The minimum absolute atomic E-state index is 0.254. The molecule has 3 heterocycles. The van der Waals surface area contributed by atoms with E-state index in [9.17, 15) is 4.79 Å². The number of benzene rings is 1. The van der Waals surface area contributed by atoms with Crippen LogP contribution in [0.1, 0.15) is 38.5 Å². The Bertz CT molecular complexity index is 664. The fourth-order valence-corrected chi connectivity index (χ4v) is 4.93. The molecule has 0 radical (unpaired) electrons. The molecule has 0 aliphatic carbocycles. The van der Waals surface area contributed by atoms with E-state index in [1.807, 2.05) is 24.3 Å². The minimum Gasteiger partial charge on any atom is -0.497 e. The van der Waals surface area contributed by atoms with Gasteiger partial charge in [0.1, 0.15) is 18.1 Å². The van der Waals surface area contributed by atoms with E-state index in [-0.39, 0.29) is 6.10 Å². The number of piperidine rings is 2. The molecule has 0 saturated carbocycles. The lowest BCUT2D eigenvalue weighted by Gasteiger charge is -2.47. The lowest BCUT2D eigenvalue weighted by molar-refractivity contribution is -0.141. The average molecular weight is 403 g/mol. The van der Waals surface area contributed by atoms with Gasteiger partial charge in [0, 0.05) is 32.7 Å². The molecule has 29 heavy (non-hydrogen) atoms. The van der Waals surface area contributed by atoms with Gasteiger partial charge in [0.2, 0.25) is 5.91 Å². The van der Waals surface area contributed by atoms with Gasteiger partial charge in [0.25, 0.3) is 0 Å². The van der Waals surface area contributed by atoms with Gasteiger partial charge in [-0.1, -0.05) is 0 Å². The largest absolute Gasteiger partial charge is 0.497 e. The van der Waals surface area contributed by atoms with Crippen molar-refractivity contribution in [3.05, 3.63) is 24.3 Å². The molecule has 0 aromatic heterocycles. The molecule has 160 valence electrons. The maximum atomic E-state index is 12.4. The lowest BCUT2D eigenvalue weighted by Crippen LogP contribution is -2.53. The molecule has 3 fully saturated rings. The second-order valence-electron chi connectivity index (χ2n) is 8.77. The molecule has 4 rings (SSSR count). The fraction of sp³-hybridized carbons (Fsp3) is 0.696. The fourth-order valence-electron chi connectivity index (χ4n) is 4.93. The van der Waals surface area contributed by atoms with Gasteiger partial charge in [0.05, 0.1) is 13.2 Å². The molecule has 0 unspecified atom stereocenters. The molecular weight excluding hydrogens is 368 g/mol. The van der Waals surface area contributed by atoms with Crippen molar-refractivity contribution >= 4 is 5.91 Å². The number of nitrogens with zero attached hydrogens (tertiary/aromatic N) is 2. The molecule has 1 atom stereocenters. The highest BCUT2D eigenvalue weighted by Gasteiger charge is 2.41. The first-order valence-electron chi connectivity index (χ1n) is 11.0. The summed E-state index contributed by atoms with van der Waals surface area (Å²) in [6.45, 7) is 6.39. The third-order valence-electron chi connectivity index (χ3n) is 6.85. The Morgan fingerprint density at radius 1 is 1.14 bits per heavy atom. The van der Waals surface area contributed by atoms with E-state index in [0.717, 1.165) is 70.1 Å². The van der Waals surface area contributed by atoms with Crippen LogP contribution in [0.4, 0.5) is 0 Å². The summed E-state index contributed by atoms with van der Waals surface area (Å²) in [7, 11) is 1.67. The highest BCUT2D eigenvalue weighted by molar-refractivity contribution is 5.77. The second kappa shape index (κ2) is 9.35. The Labute approximate surface area is 174 Å². The van der Waals surface area contributed by atoms with Crippen LogP contribution >= 0.6 is 0 Å². The van der Waals surface area contributed by atoms with Crippen molar-refractivity contribution < 1.29 is 19.0 Å². The van der Waals surface area contributed by atoms with Gasteiger partial charge < -0.3 is 19.1 Å². The van der Waals surface area contributed by atoms with Crippen LogP contribution in [0.15, 0.2) is 24.3 Å². The molecule has 0 bridgehead atoms. The maximum Gasteiger partial charge on any atom is 0.222 e. The van der Waals surface area contributed by atoms with Gasteiger partial charge in [-0.15, -0.1) is 0 Å². The highest BCUT2D eigenvalue weighted by Crippen LogP contribution is 2.40. The van der Waals surface area contributed by atoms with Crippen LogP contribution in [0.25, 0.3) is 0 Å². The third kappa shape index (κ3) is 5.23. The normalized spacial score (nSPS) is 24.8. The van der Waals surface area contributed by atoms with Gasteiger partial charge in [0.15, 0.2) is 0 Å². The number of carbonyl (C=O) groups excluding carboxylic acids is 1. The summed E-state index contributed by atoms with van der Waals surface area (Å²) in [6.07, 6.45) is 6.57. The molecule has 6 heteroatoms. The van der Waals surface area contributed by atoms with E-state index < -0.39 is 0 Å². The number of likely N-dealkylation sites (tertiary alicyclic amines) is 2. The molecule has 3 aliphatic heterocycles. The van der Waals surface area contributed by atoms with Crippen molar-refractivity contribution in [2.75, 3.05) is 53.0 Å². The first-order chi connectivity index (χ1) is 14.2. The molecule has 3 aliphatic rings. The molecular formula is C23H34N2O4. The monoisotopic (exact) mass is 402 g/mol. The van der Waals surface area contributed by atoms with Gasteiger partial charge in [-0.3, -0.25) is 9.69 Å². The van der Waals surface area contributed by atoms with Crippen LogP contribution in [0, 0.1) is 5.41 Å². The summed E-state index contributed by atoms with van der Waals surface area (Å²) in [5.74, 6) is 2.05. The SMILES string of the molecule is COc1ccc(OCCN2CCC3(CCC(=O)N(C[C@H]4CCCO4)C3)CC2)cc1. The Balaban J connectivity index is 1.21. The molecule has 3 saturated heterocycles. The van der Waals surface area contributed by atoms with Gasteiger partial charge in [-0.2, -0.15) is 0 Å². The second-order valence-corrected chi connectivity index (χ2v) is 8.77. The van der Waals surface area contributed by atoms with Gasteiger partial charge in [-0.05, 0) is 74.9 Å². The van der Waals surface area contributed by atoms with Crippen LogP contribution in [0.3, 0.4) is 0 Å². The number of hydrogen-bond acceptors (Lipinski definition) is 5. The van der Waals surface area contributed by atoms with Crippen molar-refractivity contribution in [1.82, 2.24) is 9.80 Å². The summed E-state index contributed by atoms with van der Waals surface area (Å²) < 4.78 is 16.8. The molecule has 1 aromatic carbocycles. The summed E-state index contributed by atoms with van der Waals surface area (Å²) in [4.78, 5) is 17.0. The molecule has 0 N–H and O–H groups in total. The van der Waals surface area contributed by atoms with Crippen molar-refractivity contribution in [3.8, 4) is 11.5 Å². The van der Waals surface area contributed by atoms with Crippen molar-refractivity contribution in [2.24, 2.45) is 5.41 Å². The zero-order valence-corrected chi connectivity index (χ0v) is 17.6. The quantitative estimate of drug-likeness (QED) is 0.702. The maximum absolute atomic E-state index is 12.4. The first kappa shape index (κ1) is 20.5. The van der Waals surface area contributed by atoms with Crippen LogP contribution < -0.4 is 9.47 Å². The predicted molar refractivity (Wildman–Crippen MR) is 111 cm³/mol. The highest BCUT2D eigenvalue weighted by atomic mass is 16.5. The van der Waals surface area contributed by atoms with Crippen molar-refractivity contribution in [1.29, 1.82) is 0 Å². The summed E-state index contributed by atoms with van der Waals surface area (Å²) >= 11 is 0. The molecule has 1 amide bonds. The molecule has 6 nitrogen and oxygen atoms in total. The van der Waals surface area contributed by atoms with Crippen LogP contribution in [-0.2, 0) is 9.53 Å². The summed E-state index contributed by atoms with van der Waals surface area (Å²) in [5, 5.41) is 0. The number of methoxy groups -OCH3 is 1. The Hall–Kier alpha value is -1.79. The Morgan fingerprint density at radius 2 is 1.90 bits per heavy atom. The number of amides is 1. The van der Waals surface area contributed by atoms with Crippen LogP contribution in [0.2, 0.25) is 0 Å². The third-order valence-corrected chi connectivity index (χ3v) is 6.85. The van der Waals surface area contributed by atoms with E-state index >= 15 is 0 Å². The van der Waals surface area contributed by atoms with E-state index in [1.165, 1.54) is 12.8 Å². The van der Waals surface area contributed by atoms with Gasteiger partial charge >= 0.3 is 0 Å². The van der Waals surface area contributed by atoms with E-state index in [4.69, 9.17) is 14.2 Å². The smallest absolute Gasteiger partial charge is 0.222 e. The van der Waals surface area contributed by atoms with Crippen LogP contribution in [0.5, 0.6) is 11.5 Å². The standard InChI is InChI=1S/C23H34N2O4/c1-27-19-4-6-20(7-5-19)29-16-14-24-12-10-23(11-13-24)9-8-22(26)25(18-23)17-21-3-2-15-28-21/h4-7,21H,2-3,8-18H2,1H3/t21-/m1/s1. The molecule has 1 aromatic rings. The Morgan fingerprint density at radius 3 is 2.59 bits per heavy atom. The average Bonchev–Trinajstić information content (AvgIpc) is 3.26. The van der Waals surface area contributed by atoms with E-state index in [0.29, 0.717) is 24.3 Å². The predicted octanol–water partition coefficient (Wildman–Crippen LogP) is 2.96. The number of hydrogen-bond donors (Lipinski definition) is 0. The zero-order chi connectivity index (χ0) is 20.1. The van der Waals surface area contributed by atoms with E-state index in [1.54, 1.807) is 7.11 Å². The number of rotatable bonds is 7. The minimum atomic E-state index is 0.254. The lowest BCUT2D eigenvalue weighted by atomic mass is 9.72. The topological polar surface area (TPSA) is 51.2 Å². The summed E-state index contributed by atoms with van der Waals surface area (Å²) in [5.41, 5.74) is 0.305.